The summed E-state index contributed by atoms with van der Waals surface area (Å²) in [6.45, 7) is 0. The molecule has 0 aliphatic carbocycles. The molecule has 0 atom stereocenters. The summed E-state index contributed by atoms with van der Waals surface area (Å²) < 4.78 is 0. The third-order valence-corrected chi connectivity index (χ3v) is 10.5. The van der Waals surface area contributed by atoms with Gasteiger partial charge in [0.15, 0.2) is 0 Å². The van der Waals surface area contributed by atoms with Crippen molar-refractivity contribution in [3.63, 3.8) is 0 Å². The van der Waals surface area contributed by atoms with E-state index < -0.39 is 15.8 Å². The predicted molar refractivity (Wildman–Crippen MR) is 141 cm³/mol. The molecule has 0 amide bonds. The van der Waals surface area contributed by atoms with E-state index in [0.717, 1.165) is 0 Å². The maximum atomic E-state index is 2.88. The van der Waals surface area contributed by atoms with Crippen LogP contribution in [0.5, 0.6) is 0 Å². The minimum Gasteiger partial charge on any atom is -0.0622 e. The summed E-state index contributed by atoms with van der Waals surface area (Å²) >= 11 is 9.94. The molecule has 0 saturated heterocycles. The zero-order chi connectivity index (χ0) is 22.3. The molecule has 0 unspecified atom stereocenters. The fraction of sp³-hybridized carbons (Fsp3) is 0.0400. The summed E-state index contributed by atoms with van der Waals surface area (Å²) in [4.78, 5) is 0. The van der Waals surface area contributed by atoms with Gasteiger partial charge in [-0.15, -0.1) is 0 Å². The maximum Gasteiger partial charge on any atom is 0.00405 e. The first kappa shape index (κ1) is 27.4. The third kappa shape index (κ3) is 8.80. The van der Waals surface area contributed by atoms with E-state index in [1.54, 1.807) is 0 Å². The Morgan fingerprint density at radius 2 is 0.581 bits per heavy atom. The Bertz CT molecular complexity index is 800. The van der Waals surface area contributed by atoms with E-state index >= 15 is 0 Å². The first-order valence-electron chi connectivity index (χ1n) is 9.40. The van der Waals surface area contributed by atoms with Crippen molar-refractivity contribution >= 4 is 63.1 Å². The Morgan fingerprint density at radius 3 is 0.774 bits per heavy atom. The quantitative estimate of drug-likeness (QED) is 0.146. The normalized spacial score (nSPS) is 10.1. The van der Waals surface area contributed by atoms with Crippen LogP contribution in [-0.4, -0.2) is 5.90 Å². The van der Waals surface area contributed by atoms with Gasteiger partial charge in [0.2, 0.25) is 0 Å². The molecule has 0 saturated carbocycles. The number of benzene rings is 4. The minimum absolute atomic E-state index is 0.409. The Kier molecular flexibility index (Phi) is 14.8. The molecule has 31 heavy (non-hydrogen) atoms. The molecule has 6 heteroatoms. The molecule has 0 aromatic heterocycles. The second kappa shape index (κ2) is 16.7. The van der Waals surface area contributed by atoms with Crippen LogP contribution in [0.1, 0.15) is 0 Å². The van der Waals surface area contributed by atoms with Crippen molar-refractivity contribution in [3.05, 3.63) is 121 Å². The maximum absolute atomic E-state index is 2.88. The monoisotopic (exact) mass is 936 g/mol. The third-order valence-electron chi connectivity index (χ3n) is 4.55. The molecule has 4 aromatic rings. The van der Waals surface area contributed by atoms with Gasteiger partial charge in [-0.2, -0.15) is 0 Å². The van der Waals surface area contributed by atoms with Gasteiger partial charge in [0.1, 0.15) is 0 Å². The van der Waals surface area contributed by atoms with Gasteiger partial charge in [-0.1, -0.05) is 121 Å². The molecule has 168 valence electrons. The summed E-state index contributed by atoms with van der Waals surface area (Å²) in [5, 5.41) is 5.83. The Morgan fingerprint density at radius 1 is 0.387 bits per heavy atom. The molecule has 0 aliphatic rings. The van der Waals surface area contributed by atoms with Gasteiger partial charge in [0.05, 0.1) is 0 Å². The van der Waals surface area contributed by atoms with Gasteiger partial charge < -0.3 is 0 Å². The SMILES string of the molecule is [Br][Au].[Br][Au].c1ccc(P(CP(c2ccccc2)c2ccccc2)c2ccccc2)cc1. The minimum atomic E-state index is -0.409. The number of halogens is 2. The summed E-state index contributed by atoms with van der Waals surface area (Å²) in [5.41, 5.74) is 0. The summed E-state index contributed by atoms with van der Waals surface area (Å²) in [6.07, 6.45) is 0. The zero-order valence-corrected chi connectivity index (χ0v) is 25.8. The number of hydrogen-bond donors (Lipinski definition) is 0. The molecule has 0 spiro atoms. The van der Waals surface area contributed by atoms with Crippen molar-refractivity contribution in [2.45, 2.75) is 0 Å². The van der Waals surface area contributed by atoms with Gasteiger partial charge in [-0.05, 0) is 37.1 Å². The molecule has 0 heterocycles. The van der Waals surface area contributed by atoms with Crippen molar-refractivity contribution < 1.29 is 37.9 Å². The summed E-state index contributed by atoms with van der Waals surface area (Å²) in [7, 11) is -0.817. The van der Waals surface area contributed by atoms with Crippen molar-refractivity contribution in [2.24, 2.45) is 0 Å². The van der Waals surface area contributed by atoms with Crippen molar-refractivity contribution in [1.29, 1.82) is 0 Å². The first-order valence-corrected chi connectivity index (χ1v) is 21.9. The van der Waals surface area contributed by atoms with Crippen LogP contribution in [0.25, 0.3) is 0 Å². The second-order valence-corrected chi connectivity index (χ2v) is 11.2. The van der Waals surface area contributed by atoms with Crippen molar-refractivity contribution in [2.75, 3.05) is 5.90 Å². The van der Waals surface area contributed by atoms with Gasteiger partial charge >= 0.3 is 63.9 Å². The van der Waals surface area contributed by atoms with Gasteiger partial charge in [-0.3, -0.25) is 0 Å². The fourth-order valence-corrected chi connectivity index (χ4v) is 9.67. The fourth-order valence-electron chi connectivity index (χ4n) is 3.20. The van der Waals surface area contributed by atoms with E-state index in [1.807, 2.05) is 0 Å². The van der Waals surface area contributed by atoms with E-state index in [0.29, 0.717) is 0 Å². The average Bonchev–Trinajstić information content (AvgIpc) is 2.89. The van der Waals surface area contributed by atoms with Crippen LogP contribution in [0.3, 0.4) is 0 Å². The summed E-state index contributed by atoms with van der Waals surface area (Å²) in [5.74, 6) is 1.17. The van der Waals surface area contributed by atoms with E-state index in [-0.39, 0.29) is 0 Å². The predicted octanol–water partition coefficient (Wildman–Crippen LogP) is 6.90. The van der Waals surface area contributed by atoms with Gasteiger partial charge in [0.25, 0.3) is 0 Å². The molecule has 0 N–H and O–H groups in total. The Balaban J connectivity index is 0.000000807. The van der Waals surface area contributed by atoms with Crippen molar-refractivity contribution in [1.82, 2.24) is 0 Å². The van der Waals surface area contributed by atoms with Crippen LogP contribution in [0.4, 0.5) is 0 Å². The van der Waals surface area contributed by atoms with Crippen LogP contribution in [0.2, 0.25) is 0 Å². The van der Waals surface area contributed by atoms with Gasteiger partial charge in [-0.25, -0.2) is 0 Å². The number of hydrogen-bond acceptors (Lipinski definition) is 0. The van der Waals surface area contributed by atoms with Crippen LogP contribution >= 0.6 is 41.9 Å². The number of rotatable bonds is 6. The molecule has 0 aliphatic heterocycles. The van der Waals surface area contributed by atoms with Crippen LogP contribution in [0.15, 0.2) is 121 Å². The molecule has 4 rings (SSSR count). The Hall–Kier alpha value is 0.181. The second-order valence-electron chi connectivity index (χ2n) is 6.34. The van der Waals surface area contributed by atoms with E-state index in [9.17, 15) is 0 Å². The molecule has 0 bridgehead atoms. The molecular formula is C25H22Au2Br2P2. The standard InChI is InChI=1S/C25H22P2.2Au.2BrH/c1-5-13-22(14-6-1)26(23-15-7-2-8-16-23)21-27(24-17-9-3-10-18-24)25-19-11-4-12-20-25;;;;/h1-20H,21H2;;;2*1H/q;2*+1;;/p-2. The van der Waals surface area contributed by atoms with Crippen LogP contribution in [-0.2, 0) is 37.9 Å². The smallest absolute Gasteiger partial charge is 0.00405 e. The molecule has 4 aromatic carbocycles. The van der Waals surface area contributed by atoms with E-state index in [2.05, 4.69) is 185 Å². The molecule has 0 fully saturated rings. The molecule has 0 radical (unpaired) electrons. The topological polar surface area (TPSA) is 0 Å². The van der Waals surface area contributed by atoms with Crippen LogP contribution < -0.4 is 21.2 Å². The van der Waals surface area contributed by atoms with E-state index in [4.69, 9.17) is 0 Å². The Labute approximate surface area is 225 Å². The summed E-state index contributed by atoms with van der Waals surface area (Å²) in [6, 6.07) is 44.1. The molecular weight excluding hydrogens is 916 g/mol. The van der Waals surface area contributed by atoms with Gasteiger partial charge in [0, 0.05) is 5.90 Å². The zero-order valence-electron chi connectivity index (χ0n) is 16.5. The van der Waals surface area contributed by atoms with Crippen LogP contribution in [0, 0.1) is 0 Å². The largest absolute Gasteiger partial charge is 0.0622 e. The first-order chi connectivity index (χ1) is 15.4. The van der Waals surface area contributed by atoms with Crippen molar-refractivity contribution in [3.8, 4) is 0 Å². The van der Waals surface area contributed by atoms with E-state index in [1.165, 1.54) is 27.1 Å². The molecule has 0 nitrogen and oxygen atoms in total. The average molecular weight is 938 g/mol.